The molecule has 0 bridgehead atoms. The number of nitrogens with zero attached hydrogens (tertiary/aromatic N) is 2. The molecule has 2 aliphatic rings. The van der Waals surface area contributed by atoms with Gasteiger partial charge in [0.1, 0.15) is 0 Å². The van der Waals surface area contributed by atoms with Crippen LogP contribution in [0.5, 0.6) is 0 Å². The van der Waals surface area contributed by atoms with Crippen molar-refractivity contribution in [1.82, 2.24) is 4.98 Å². The molecule has 0 N–H and O–H groups in total. The number of hydrogen-bond acceptors (Lipinski definition) is 2. The quantitative estimate of drug-likeness (QED) is 0.710. The van der Waals surface area contributed by atoms with Crippen molar-refractivity contribution in [2.75, 3.05) is 11.4 Å². The lowest BCUT2D eigenvalue weighted by Gasteiger charge is -2.34. The van der Waals surface area contributed by atoms with Crippen LogP contribution in [-0.4, -0.2) is 17.6 Å². The van der Waals surface area contributed by atoms with Crippen LogP contribution in [0.4, 0.5) is 5.69 Å². The molecule has 0 unspecified atom stereocenters. The number of hydrogen-bond donors (Lipinski definition) is 0. The van der Waals surface area contributed by atoms with E-state index < -0.39 is 0 Å². The number of anilines is 1. The molecule has 0 amide bonds. The summed E-state index contributed by atoms with van der Waals surface area (Å²) in [6.45, 7) is 11.9. The molecule has 21 heavy (non-hydrogen) atoms. The van der Waals surface area contributed by atoms with E-state index in [1.807, 2.05) is 26.2 Å². The van der Waals surface area contributed by atoms with Crippen LogP contribution in [0.3, 0.4) is 0 Å². The van der Waals surface area contributed by atoms with Crippen molar-refractivity contribution >= 4 is 5.69 Å². The van der Waals surface area contributed by atoms with E-state index in [-0.39, 0.29) is 5.41 Å². The fraction of sp³-hybridized carbons (Fsp3) is 0.632. The second kappa shape index (κ2) is 6.52. The van der Waals surface area contributed by atoms with Crippen LogP contribution >= 0.6 is 0 Å². The van der Waals surface area contributed by atoms with Crippen molar-refractivity contribution in [3.8, 4) is 11.8 Å². The van der Waals surface area contributed by atoms with Crippen LogP contribution in [0.1, 0.15) is 65.0 Å². The first kappa shape index (κ1) is 15.9. The Bertz CT molecular complexity index is 544. The highest BCUT2D eigenvalue weighted by Crippen LogP contribution is 2.44. The molecule has 1 aliphatic carbocycles. The van der Waals surface area contributed by atoms with Gasteiger partial charge in [-0.1, -0.05) is 25.7 Å². The van der Waals surface area contributed by atoms with Gasteiger partial charge in [-0.15, -0.1) is 0 Å². The molecule has 3 rings (SSSR count). The normalized spacial score (nSPS) is 18.1. The Labute approximate surface area is 130 Å². The summed E-state index contributed by atoms with van der Waals surface area (Å²) in [7, 11) is 0. The molecule has 2 heterocycles. The lowest BCUT2D eigenvalue weighted by Crippen LogP contribution is -2.35. The molecule has 2 heteroatoms. The van der Waals surface area contributed by atoms with Crippen molar-refractivity contribution in [1.29, 1.82) is 0 Å². The van der Waals surface area contributed by atoms with Gasteiger partial charge in [-0.05, 0) is 52.0 Å². The zero-order chi connectivity index (χ0) is 15.5. The predicted octanol–water partition coefficient (Wildman–Crippen LogP) is 4.42. The van der Waals surface area contributed by atoms with Crippen LogP contribution < -0.4 is 4.90 Å². The van der Waals surface area contributed by atoms with Gasteiger partial charge in [-0.2, -0.15) is 0 Å². The van der Waals surface area contributed by atoms with E-state index in [1.165, 1.54) is 30.5 Å². The fourth-order valence-electron chi connectivity index (χ4n) is 2.71. The van der Waals surface area contributed by atoms with Crippen molar-refractivity contribution < 1.29 is 0 Å². The fourth-order valence-corrected chi connectivity index (χ4v) is 2.71. The smallest absolute Gasteiger partial charge is 0.0600 e. The molecule has 2 nitrogen and oxygen atoms in total. The molecular weight excluding hydrogens is 256 g/mol. The van der Waals surface area contributed by atoms with Gasteiger partial charge in [0.15, 0.2) is 0 Å². The van der Waals surface area contributed by atoms with E-state index >= 15 is 0 Å². The highest BCUT2D eigenvalue weighted by Gasteiger charge is 2.35. The molecule has 0 aromatic carbocycles. The number of rotatable bonds is 1. The van der Waals surface area contributed by atoms with Gasteiger partial charge in [0.2, 0.25) is 0 Å². The van der Waals surface area contributed by atoms with Gasteiger partial charge in [-0.25, -0.2) is 0 Å². The Balaban J connectivity index is 0.000000774. The van der Waals surface area contributed by atoms with Gasteiger partial charge in [0.05, 0.1) is 11.9 Å². The summed E-state index contributed by atoms with van der Waals surface area (Å²) in [6, 6.07) is 0.532. The van der Waals surface area contributed by atoms with Crippen molar-refractivity contribution in [3.05, 3.63) is 23.5 Å². The second-order valence-corrected chi connectivity index (χ2v) is 6.39. The molecule has 1 saturated carbocycles. The molecule has 114 valence electrons. The maximum absolute atomic E-state index is 4.41. The van der Waals surface area contributed by atoms with Gasteiger partial charge >= 0.3 is 0 Å². The topological polar surface area (TPSA) is 16.1 Å². The van der Waals surface area contributed by atoms with E-state index in [9.17, 15) is 0 Å². The zero-order valence-corrected chi connectivity index (χ0v) is 14.2. The first-order chi connectivity index (χ1) is 10.1. The molecule has 0 spiro atoms. The summed E-state index contributed by atoms with van der Waals surface area (Å²) in [6.07, 6.45) is 8.82. The Morgan fingerprint density at radius 3 is 2.57 bits per heavy atom. The predicted molar refractivity (Wildman–Crippen MR) is 90.6 cm³/mol. The Morgan fingerprint density at radius 2 is 1.95 bits per heavy atom. The van der Waals surface area contributed by atoms with Crippen LogP contribution in [0.25, 0.3) is 0 Å². The van der Waals surface area contributed by atoms with Crippen LogP contribution in [0.15, 0.2) is 12.4 Å². The molecule has 1 fully saturated rings. The van der Waals surface area contributed by atoms with E-state index in [0.29, 0.717) is 6.04 Å². The third kappa shape index (κ3) is 3.59. The molecule has 1 aromatic rings. The van der Waals surface area contributed by atoms with Gasteiger partial charge < -0.3 is 4.90 Å². The minimum absolute atomic E-state index is 0.287. The molecule has 1 aromatic heterocycles. The third-order valence-corrected chi connectivity index (χ3v) is 4.29. The lowest BCUT2D eigenvalue weighted by atomic mass is 9.97. The first-order valence-corrected chi connectivity index (χ1v) is 8.36. The standard InChI is InChI=1S/C17H22N2.C2H6/c1-13(2)19-10-4-5-15-14(11-18-12-16(15)19)6-7-17(3)8-9-17;1-2/h11-13H,4-5,8-10H2,1-3H3;1-2H3. The van der Waals surface area contributed by atoms with Crippen LogP contribution in [0.2, 0.25) is 0 Å². The molecular formula is C19H28N2. The first-order valence-electron chi connectivity index (χ1n) is 8.36. The maximum atomic E-state index is 4.41. The summed E-state index contributed by atoms with van der Waals surface area (Å²) in [4.78, 5) is 6.86. The minimum Gasteiger partial charge on any atom is -0.368 e. The van der Waals surface area contributed by atoms with Gasteiger partial charge in [0.25, 0.3) is 0 Å². The number of aromatic nitrogens is 1. The highest BCUT2D eigenvalue weighted by molar-refractivity contribution is 5.61. The second-order valence-electron chi connectivity index (χ2n) is 6.39. The summed E-state index contributed by atoms with van der Waals surface area (Å²) in [5.41, 5.74) is 4.14. The Hall–Kier alpha value is -1.49. The summed E-state index contributed by atoms with van der Waals surface area (Å²) in [5.74, 6) is 6.83. The summed E-state index contributed by atoms with van der Waals surface area (Å²) in [5, 5.41) is 0. The van der Waals surface area contributed by atoms with Crippen molar-refractivity contribution in [2.24, 2.45) is 5.41 Å². The summed E-state index contributed by atoms with van der Waals surface area (Å²) >= 11 is 0. The molecule has 0 saturated heterocycles. The molecule has 0 atom stereocenters. The summed E-state index contributed by atoms with van der Waals surface area (Å²) < 4.78 is 0. The van der Waals surface area contributed by atoms with E-state index in [4.69, 9.17) is 0 Å². The average Bonchev–Trinajstić information content (AvgIpc) is 3.24. The zero-order valence-electron chi connectivity index (χ0n) is 14.2. The van der Waals surface area contributed by atoms with Crippen LogP contribution in [-0.2, 0) is 6.42 Å². The number of pyridine rings is 1. The van der Waals surface area contributed by atoms with Crippen LogP contribution in [0, 0.1) is 17.3 Å². The maximum Gasteiger partial charge on any atom is 0.0600 e. The monoisotopic (exact) mass is 284 g/mol. The van der Waals surface area contributed by atoms with E-state index in [1.54, 1.807) is 0 Å². The van der Waals surface area contributed by atoms with E-state index in [0.717, 1.165) is 18.5 Å². The SMILES string of the molecule is CC.CC(C)N1CCCc2c(C#CC3(C)CC3)cncc21. The third-order valence-electron chi connectivity index (χ3n) is 4.29. The Kier molecular flexibility index (Phi) is 4.93. The average molecular weight is 284 g/mol. The van der Waals surface area contributed by atoms with Gasteiger partial charge in [0, 0.05) is 29.8 Å². The highest BCUT2D eigenvalue weighted by atomic mass is 15.2. The van der Waals surface area contributed by atoms with Crippen molar-refractivity contribution in [2.45, 2.75) is 66.3 Å². The van der Waals surface area contributed by atoms with E-state index in [2.05, 4.69) is 42.5 Å². The van der Waals surface area contributed by atoms with Gasteiger partial charge in [-0.3, -0.25) is 4.98 Å². The minimum atomic E-state index is 0.287. The molecule has 1 aliphatic heterocycles. The lowest BCUT2D eigenvalue weighted by molar-refractivity contribution is 0.623. The molecule has 0 radical (unpaired) electrons. The number of fused-ring (bicyclic) bond motifs is 1. The Morgan fingerprint density at radius 1 is 1.24 bits per heavy atom. The largest absolute Gasteiger partial charge is 0.368 e. The van der Waals surface area contributed by atoms with Crippen molar-refractivity contribution in [3.63, 3.8) is 0 Å².